The highest BCUT2D eigenvalue weighted by atomic mass is 32.2. The highest BCUT2D eigenvalue weighted by Crippen LogP contribution is 2.26. The molecule has 0 unspecified atom stereocenters. The molecule has 2 atom stereocenters. The standard InChI is InChI=1S/C15H19N3O3S/c1-12-2-4-13(5-3-12)10-22(19,20)18-6-7-21-15-9-17(11-16)8-14(15)18/h2-5,14-15H,6-10H2,1H3/t14-,15+/m1/s1. The van der Waals surface area contributed by atoms with Crippen LogP contribution in [0, 0.1) is 18.4 Å². The fraction of sp³-hybridized carbons (Fsp3) is 0.533. The molecule has 118 valence electrons. The molecule has 7 heteroatoms. The molecule has 3 rings (SSSR count). The normalized spacial score (nSPS) is 25.7. The van der Waals surface area contributed by atoms with Gasteiger partial charge in [-0.05, 0) is 12.5 Å². The van der Waals surface area contributed by atoms with Crippen LogP contribution in [0.25, 0.3) is 0 Å². The Labute approximate surface area is 130 Å². The summed E-state index contributed by atoms with van der Waals surface area (Å²) in [5.41, 5.74) is 1.89. The van der Waals surface area contributed by atoms with Crippen molar-refractivity contribution in [3.63, 3.8) is 0 Å². The van der Waals surface area contributed by atoms with Gasteiger partial charge in [0.25, 0.3) is 0 Å². The number of likely N-dealkylation sites (tertiary alicyclic amines) is 1. The molecule has 2 saturated heterocycles. The molecule has 0 spiro atoms. The lowest BCUT2D eigenvalue weighted by molar-refractivity contribution is -0.0157. The number of fused-ring (bicyclic) bond motifs is 1. The van der Waals surface area contributed by atoms with Crippen molar-refractivity contribution in [2.75, 3.05) is 26.2 Å². The third kappa shape index (κ3) is 2.95. The lowest BCUT2D eigenvalue weighted by atomic mass is 10.2. The summed E-state index contributed by atoms with van der Waals surface area (Å²) in [6.07, 6.45) is 1.87. The van der Waals surface area contributed by atoms with Gasteiger partial charge in [0.2, 0.25) is 10.0 Å². The Morgan fingerprint density at radius 1 is 1.32 bits per heavy atom. The first-order chi connectivity index (χ1) is 10.5. The molecule has 0 bridgehead atoms. The summed E-state index contributed by atoms with van der Waals surface area (Å²) >= 11 is 0. The van der Waals surface area contributed by atoms with Crippen LogP contribution in [0.15, 0.2) is 24.3 Å². The molecule has 1 aromatic carbocycles. The fourth-order valence-electron chi connectivity index (χ4n) is 3.06. The molecule has 0 saturated carbocycles. The van der Waals surface area contributed by atoms with Crippen LogP contribution < -0.4 is 0 Å². The van der Waals surface area contributed by atoms with Crippen molar-refractivity contribution >= 4 is 10.0 Å². The largest absolute Gasteiger partial charge is 0.373 e. The van der Waals surface area contributed by atoms with Gasteiger partial charge >= 0.3 is 0 Å². The fourth-order valence-corrected chi connectivity index (χ4v) is 4.81. The zero-order chi connectivity index (χ0) is 15.7. The summed E-state index contributed by atoms with van der Waals surface area (Å²) in [4.78, 5) is 1.56. The quantitative estimate of drug-likeness (QED) is 0.766. The van der Waals surface area contributed by atoms with Crippen LogP contribution in [0.3, 0.4) is 0 Å². The van der Waals surface area contributed by atoms with Crippen LogP contribution in [-0.2, 0) is 20.5 Å². The molecular formula is C15H19N3O3S. The maximum Gasteiger partial charge on any atom is 0.218 e. The third-order valence-electron chi connectivity index (χ3n) is 4.22. The molecule has 2 aliphatic heterocycles. The number of nitrogens with zero attached hydrogens (tertiary/aromatic N) is 3. The Morgan fingerprint density at radius 3 is 2.73 bits per heavy atom. The van der Waals surface area contributed by atoms with Gasteiger partial charge in [0.15, 0.2) is 6.19 Å². The van der Waals surface area contributed by atoms with Crippen molar-refractivity contribution in [3.05, 3.63) is 35.4 Å². The van der Waals surface area contributed by atoms with E-state index < -0.39 is 10.0 Å². The third-order valence-corrected chi connectivity index (χ3v) is 6.08. The van der Waals surface area contributed by atoms with Gasteiger partial charge in [-0.3, -0.25) is 0 Å². The number of ether oxygens (including phenoxy) is 1. The zero-order valence-electron chi connectivity index (χ0n) is 12.5. The van der Waals surface area contributed by atoms with Crippen LogP contribution in [0.1, 0.15) is 11.1 Å². The Bertz CT molecular complexity index is 681. The van der Waals surface area contributed by atoms with Gasteiger partial charge in [0, 0.05) is 13.1 Å². The summed E-state index contributed by atoms with van der Waals surface area (Å²) in [6, 6.07) is 7.27. The zero-order valence-corrected chi connectivity index (χ0v) is 13.3. The van der Waals surface area contributed by atoms with Crippen molar-refractivity contribution in [1.82, 2.24) is 9.21 Å². The topological polar surface area (TPSA) is 73.6 Å². The lowest BCUT2D eigenvalue weighted by Crippen LogP contribution is -2.53. The number of nitriles is 1. The Hall–Kier alpha value is -1.62. The molecular weight excluding hydrogens is 302 g/mol. The number of hydrogen-bond acceptors (Lipinski definition) is 5. The smallest absolute Gasteiger partial charge is 0.218 e. The number of hydrogen-bond donors (Lipinski definition) is 0. The van der Waals surface area contributed by atoms with Crippen molar-refractivity contribution in [3.8, 4) is 6.19 Å². The van der Waals surface area contributed by atoms with Crippen molar-refractivity contribution in [2.24, 2.45) is 0 Å². The van der Waals surface area contributed by atoms with Crippen molar-refractivity contribution < 1.29 is 13.2 Å². The van der Waals surface area contributed by atoms with Crippen molar-refractivity contribution in [1.29, 1.82) is 5.26 Å². The van der Waals surface area contributed by atoms with E-state index >= 15 is 0 Å². The summed E-state index contributed by atoms with van der Waals surface area (Å²) < 4.78 is 32.6. The van der Waals surface area contributed by atoms with Crippen molar-refractivity contribution in [2.45, 2.75) is 24.8 Å². The number of morpholine rings is 1. The minimum atomic E-state index is -3.42. The lowest BCUT2D eigenvalue weighted by Gasteiger charge is -2.35. The van der Waals surface area contributed by atoms with Gasteiger partial charge in [-0.25, -0.2) is 8.42 Å². The van der Waals surface area contributed by atoms with Gasteiger partial charge in [-0.1, -0.05) is 29.8 Å². The Balaban J connectivity index is 1.79. The molecule has 22 heavy (non-hydrogen) atoms. The number of benzene rings is 1. The van der Waals surface area contributed by atoms with E-state index in [0.29, 0.717) is 26.2 Å². The monoisotopic (exact) mass is 321 g/mol. The summed E-state index contributed by atoms with van der Waals surface area (Å²) in [7, 11) is -3.42. The number of sulfonamides is 1. The molecule has 1 aromatic rings. The molecule has 2 heterocycles. The average molecular weight is 321 g/mol. The van der Waals surface area contributed by atoms with Crippen LogP contribution in [0.5, 0.6) is 0 Å². The summed E-state index contributed by atoms with van der Waals surface area (Å²) in [5.74, 6) is -0.0109. The van der Waals surface area contributed by atoms with E-state index in [1.54, 1.807) is 4.90 Å². The van der Waals surface area contributed by atoms with Gasteiger partial charge in [-0.15, -0.1) is 0 Å². The predicted molar refractivity (Wildman–Crippen MR) is 81.2 cm³/mol. The first-order valence-corrected chi connectivity index (χ1v) is 8.92. The highest BCUT2D eigenvalue weighted by Gasteiger charge is 2.44. The highest BCUT2D eigenvalue weighted by molar-refractivity contribution is 7.88. The van der Waals surface area contributed by atoms with Gasteiger partial charge < -0.3 is 9.64 Å². The van der Waals surface area contributed by atoms with E-state index in [0.717, 1.165) is 11.1 Å². The van der Waals surface area contributed by atoms with E-state index in [-0.39, 0.29) is 17.9 Å². The summed E-state index contributed by atoms with van der Waals surface area (Å²) in [5, 5.41) is 9.02. The van der Waals surface area contributed by atoms with Gasteiger partial charge in [0.05, 0.1) is 31.1 Å². The van der Waals surface area contributed by atoms with Gasteiger partial charge in [-0.2, -0.15) is 9.57 Å². The molecule has 0 aliphatic carbocycles. The van der Waals surface area contributed by atoms with Gasteiger partial charge in [0.1, 0.15) is 0 Å². The Morgan fingerprint density at radius 2 is 2.05 bits per heavy atom. The van der Waals surface area contributed by atoms with E-state index in [4.69, 9.17) is 10.00 Å². The average Bonchev–Trinajstić information content (AvgIpc) is 2.92. The minimum Gasteiger partial charge on any atom is -0.373 e. The second kappa shape index (κ2) is 5.88. The molecule has 0 radical (unpaired) electrons. The Kier molecular flexibility index (Phi) is 4.08. The van der Waals surface area contributed by atoms with E-state index in [1.807, 2.05) is 31.2 Å². The maximum atomic E-state index is 12.7. The van der Waals surface area contributed by atoms with Crippen LogP contribution in [0.2, 0.25) is 0 Å². The molecule has 6 nitrogen and oxygen atoms in total. The minimum absolute atomic E-state index is 0.0109. The molecule has 0 aromatic heterocycles. The second-order valence-electron chi connectivity index (χ2n) is 5.83. The predicted octanol–water partition coefficient (Wildman–Crippen LogP) is 0.691. The number of aryl methyl sites for hydroxylation is 1. The molecule has 0 amide bonds. The molecule has 2 fully saturated rings. The second-order valence-corrected chi connectivity index (χ2v) is 7.76. The first kappa shape index (κ1) is 15.3. The maximum absolute atomic E-state index is 12.7. The molecule has 2 aliphatic rings. The van der Waals surface area contributed by atoms with Crippen LogP contribution >= 0.6 is 0 Å². The van der Waals surface area contributed by atoms with Crippen LogP contribution in [0.4, 0.5) is 0 Å². The first-order valence-electron chi connectivity index (χ1n) is 7.31. The summed E-state index contributed by atoms with van der Waals surface area (Å²) in [6.45, 7) is 3.59. The number of rotatable bonds is 3. The molecule has 0 N–H and O–H groups in total. The van der Waals surface area contributed by atoms with Crippen LogP contribution in [-0.4, -0.2) is 56.0 Å². The SMILES string of the molecule is Cc1ccc(CS(=O)(=O)N2CCO[C@H]3CN(C#N)C[C@H]32)cc1. The van der Waals surface area contributed by atoms with E-state index in [2.05, 4.69) is 6.19 Å². The van der Waals surface area contributed by atoms with E-state index in [1.165, 1.54) is 4.31 Å². The van der Waals surface area contributed by atoms with E-state index in [9.17, 15) is 8.42 Å².